The molecule has 1 aromatic carbocycles. The Kier molecular flexibility index (Phi) is 4.72. The van der Waals surface area contributed by atoms with E-state index in [9.17, 15) is 9.59 Å². The van der Waals surface area contributed by atoms with Crippen LogP contribution in [-0.2, 0) is 9.59 Å². The van der Waals surface area contributed by atoms with E-state index in [1.165, 1.54) is 0 Å². The maximum Gasteiger partial charge on any atom is 0.229 e. The van der Waals surface area contributed by atoms with Gasteiger partial charge in [-0.2, -0.15) is 0 Å². The zero-order chi connectivity index (χ0) is 23.4. The molecule has 0 radical (unpaired) electrons. The van der Waals surface area contributed by atoms with Crippen LogP contribution in [-0.4, -0.2) is 51.8 Å². The molecule has 4 aromatic rings. The predicted octanol–water partition coefficient (Wildman–Crippen LogP) is 3.77. The fourth-order valence-electron chi connectivity index (χ4n) is 4.40. The Hall–Kier alpha value is -4.01. The molecule has 2 N–H and O–H groups in total. The van der Waals surface area contributed by atoms with Crippen molar-refractivity contribution in [3.63, 3.8) is 0 Å². The average Bonchev–Trinajstić information content (AvgIpc) is 3.56. The quantitative estimate of drug-likeness (QED) is 0.470. The molecule has 6 rings (SSSR count). The molecule has 9 heteroatoms. The number of rotatable bonds is 5. The molecular formula is C25H24N6O3. The minimum absolute atomic E-state index is 0.00465. The number of carbonyl (C=O) groups is 2. The average molecular weight is 457 g/mol. The molecule has 1 saturated carbocycles. The van der Waals surface area contributed by atoms with Crippen LogP contribution in [0, 0.1) is 5.92 Å². The van der Waals surface area contributed by atoms with Gasteiger partial charge in [0.25, 0.3) is 0 Å². The summed E-state index contributed by atoms with van der Waals surface area (Å²) < 4.78 is 6.18. The van der Waals surface area contributed by atoms with Crippen molar-refractivity contribution in [2.45, 2.75) is 25.7 Å². The molecule has 34 heavy (non-hydrogen) atoms. The molecule has 1 saturated heterocycles. The Balaban J connectivity index is 1.38. The van der Waals surface area contributed by atoms with Gasteiger partial charge in [-0.3, -0.25) is 9.59 Å². The fraction of sp³-hybridized carbons (Fsp3) is 0.320. The van der Waals surface area contributed by atoms with E-state index < -0.39 is 0 Å². The largest absolute Gasteiger partial charge is 0.436 e. The minimum atomic E-state index is 0.00465. The number of hydrogen-bond acceptors (Lipinski definition) is 7. The first-order chi connectivity index (χ1) is 16.5. The summed E-state index contributed by atoms with van der Waals surface area (Å²) in [5.74, 6) is 2.14. The Labute approximate surface area is 195 Å². The number of nitrogens with zero attached hydrogens (tertiary/aromatic N) is 4. The lowest BCUT2D eigenvalue weighted by molar-refractivity contribution is -0.133. The fourth-order valence-corrected chi connectivity index (χ4v) is 4.40. The number of benzene rings is 1. The van der Waals surface area contributed by atoms with Gasteiger partial charge >= 0.3 is 0 Å². The molecule has 0 bridgehead atoms. The van der Waals surface area contributed by atoms with E-state index in [0.717, 1.165) is 53.3 Å². The number of oxazole rings is 1. The van der Waals surface area contributed by atoms with Crippen LogP contribution in [0.25, 0.3) is 33.3 Å². The van der Waals surface area contributed by atoms with Gasteiger partial charge in [-0.25, -0.2) is 15.0 Å². The molecule has 4 heterocycles. The molecule has 2 aliphatic rings. The summed E-state index contributed by atoms with van der Waals surface area (Å²) in [6.07, 6.45) is 5.29. The first-order valence-electron chi connectivity index (χ1n) is 11.4. The number of aromatic nitrogens is 3. The van der Waals surface area contributed by atoms with E-state index in [1.807, 2.05) is 29.2 Å². The lowest BCUT2D eigenvalue weighted by atomic mass is 9.91. The van der Waals surface area contributed by atoms with Gasteiger partial charge in [0.2, 0.25) is 17.7 Å². The second-order valence-corrected chi connectivity index (χ2v) is 9.02. The maximum atomic E-state index is 12.3. The Morgan fingerprint density at radius 3 is 2.65 bits per heavy atom. The van der Waals surface area contributed by atoms with Crippen molar-refractivity contribution < 1.29 is 14.0 Å². The maximum absolute atomic E-state index is 12.3. The molecule has 1 aliphatic heterocycles. The molecule has 2 fully saturated rings. The van der Waals surface area contributed by atoms with Gasteiger partial charge in [0.05, 0.1) is 5.56 Å². The van der Waals surface area contributed by atoms with E-state index in [2.05, 4.69) is 20.6 Å². The summed E-state index contributed by atoms with van der Waals surface area (Å²) in [5, 5.41) is 7.65. The van der Waals surface area contributed by atoms with Gasteiger partial charge in [0.1, 0.15) is 17.2 Å². The number of likely N-dealkylation sites (tertiary alicyclic amines) is 1. The van der Waals surface area contributed by atoms with Gasteiger partial charge < -0.3 is 20.0 Å². The smallest absolute Gasteiger partial charge is 0.229 e. The topological polar surface area (TPSA) is 113 Å². The number of amides is 2. The molecule has 0 unspecified atom stereocenters. The van der Waals surface area contributed by atoms with E-state index >= 15 is 0 Å². The molecule has 3 aromatic heterocycles. The van der Waals surface area contributed by atoms with Gasteiger partial charge in [-0.15, -0.1) is 0 Å². The second kappa shape index (κ2) is 7.79. The second-order valence-electron chi connectivity index (χ2n) is 9.02. The number of fused-ring (bicyclic) bond motifs is 2. The van der Waals surface area contributed by atoms with Crippen LogP contribution in [0.3, 0.4) is 0 Å². The van der Waals surface area contributed by atoms with Crippen LogP contribution in [0.5, 0.6) is 0 Å². The third kappa shape index (κ3) is 3.53. The third-order valence-electron chi connectivity index (χ3n) is 6.65. The lowest BCUT2D eigenvalue weighted by Gasteiger charge is -2.38. The third-order valence-corrected chi connectivity index (χ3v) is 6.65. The Morgan fingerprint density at radius 1 is 1.09 bits per heavy atom. The van der Waals surface area contributed by atoms with Crippen LogP contribution < -0.4 is 10.6 Å². The minimum Gasteiger partial charge on any atom is -0.436 e. The summed E-state index contributed by atoms with van der Waals surface area (Å²) in [6, 6.07) is 7.86. The molecule has 0 atom stereocenters. The van der Waals surface area contributed by atoms with E-state index in [0.29, 0.717) is 29.0 Å². The van der Waals surface area contributed by atoms with Gasteiger partial charge in [0, 0.05) is 62.1 Å². The van der Waals surface area contributed by atoms with E-state index in [-0.39, 0.29) is 17.7 Å². The van der Waals surface area contributed by atoms with Crippen LogP contribution in [0.1, 0.15) is 31.2 Å². The summed E-state index contributed by atoms with van der Waals surface area (Å²) in [7, 11) is 1.80. The van der Waals surface area contributed by atoms with Crippen LogP contribution in [0.2, 0.25) is 0 Å². The SMILES string of the molecule is CNc1ncc(-c2nc3ccc(C4CN(C(C)=O)C4)cc3o2)c2cc(NC(=O)C3CC3)ncc12. The summed E-state index contributed by atoms with van der Waals surface area (Å²) in [5.41, 5.74) is 3.30. The van der Waals surface area contributed by atoms with Crippen molar-refractivity contribution >= 4 is 45.3 Å². The molecule has 1 aliphatic carbocycles. The standard InChI is InChI=1S/C25H24N6O3/c1-13(32)31-11-16(12-31)15-5-6-20-21(7-15)34-25(29-20)19-10-28-23(26-2)18-9-27-22(8-17(18)19)30-24(33)14-3-4-14/h5-10,14,16H,3-4,11-12H2,1-2H3,(H,26,28)(H,27,30,33). The van der Waals surface area contributed by atoms with Crippen LogP contribution >= 0.6 is 0 Å². The Morgan fingerprint density at radius 2 is 1.91 bits per heavy atom. The number of pyridine rings is 2. The monoisotopic (exact) mass is 456 g/mol. The van der Waals surface area contributed by atoms with Crippen molar-refractivity contribution in [1.29, 1.82) is 0 Å². The highest BCUT2D eigenvalue weighted by molar-refractivity contribution is 6.03. The highest BCUT2D eigenvalue weighted by Crippen LogP contribution is 2.36. The van der Waals surface area contributed by atoms with Crippen molar-refractivity contribution in [3.8, 4) is 11.5 Å². The van der Waals surface area contributed by atoms with Crippen molar-refractivity contribution in [2.75, 3.05) is 30.8 Å². The number of hydrogen-bond donors (Lipinski definition) is 2. The first kappa shape index (κ1) is 20.6. The summed E-state index contributed by atoms with van der Waals surface area (Å²) in [6.45, 7) is 3.05. The van der Waals surface area contributed by atoms with Crippen LogP contribution in [0.4, 0.5) is 11.6 Å². The van der Waals surface area contributed by atoms with Crippen LogP contribution in [0.15, 0.2) is 41.1 Å². The highest BCUT2D eigenvalue weighted by atomic mass is 16.3. The molecule has 0 spiro atoms. The first-order valence-corrected chi connectivity index (χ1v) is 11.4. The van der Waals surface area contributed by atoms with Crippen molar-refractivity contribution in [1.82, 2.24) is 19.9 Å². The number of anilines is 2. The number of nitrogens with one attached hydrogen (secondary N) is 2. The normalized spacial score (nSPS) is 16.0. The molecule has 2 amide bonds. The predicted molar refractivity (Wildman–Crippen MR) is 128 cm³/mol. The van der Waals surface area contributed by atoms with E-state index in [1.54, 1.807) is 26.4 Å². The lowest BCUT2D eigenvalue weighted by Crippen LogP contribution is -2.47. The number of carbonyl (C=O) groups excluding carboxylic acids is 2. The van der Waals surface area contributed by atoms with Gasteiger partial charge in [0.15, 0.2) is 5.58 Å². The van der Waals surface area contributed by atoms with Crippen molar-refractivity contribution in [2.24, 2.45) is 5.92 Å². The zero-order valence-electron chi connectivity index (χ0n) is 19.0. The summed E-state index contributed by atoms with van der Waals surface area (Å²) in [4.78, 5) is 39.2. The molecule has 9 nitrogen and oxygen atoms in total. The van der Waals surface area contributed by atoms with Crippen molar-refractivity contribution in [3.05, 3.63) is 42.2 Å². The molecule has 172 valence electrons. The van der Waals surface area contributed by atoms with Gasteiger partial charge in [-0.1, -0.05) is 6.07 Å². The summed E-state index contributed by atoms with van der Waals surface area (Å²) >= 11 is 0. The molecular weight excluding hydrogens is 432 g/mol. The van der Waals surface area contributed by atoms with Gasteiger partial charge in [-0.05, 0) is 36.6 Å². The van der Waals surface area contributed by atoms with E-state index in [4.69, 9.17) is 9.40 Å². The zero-order valence-corrected chi connectivity index (χ0v) is 19.0. The highest BCUT2D eigenvalue weighted by Gasteiger charge is 2.31. The Bertz CT molecular complexity index is 1450.